The van der Waals surface area contributed by atoms with Crippen LogP contribution >= 0.6 is 11.6 Å². The lowest BCUT2D eigenvalue weighted by Gasteiger charge is -2.24. The van der Waals surface area contributed by atoms with Gasteiger partial charge in [0.2, 0.25) is 0 Å². The first-order valence-electron chi connectivity index (χ1n) is 8.79. The summed E-state index contributed by atoms with van der Waals surface area (Å²) in [6.45, 7) is 2.00. The fourth-order valence-corrected chi connectivity index (χ4v) is 3.94. The van der Waals surface area contributed by atoms with E-state index in [1.54, 1.807) is 0 Å². The molecular weight excluding hydrogens is 308 g/mol. The third-order valence-electron chi connectivity index (χ3n) is 5.02. The smallest absolute Gasteiger partial charge is 0.129 e. The van der Waals surface area contributed by atoms with Gasteiger partial charge < -0.3 is 10.1 Å². The van der Waals surface area contributed by atoms with E-state index in [0.717, 1.165) is 60.4 Å². The van der Waals surface area contributed by atoms with Gasteiger partial charge in [0.1, 0.15) is 5.75 Å². The monoisotopic (exact) mass is 330 g/mol. The van der Waals surface area contributed by atoms with Crippen molar-refractivity contribution in [3.05, 3.63) is 34.5 Å². The Morgan fingerprint density at radius 1 is 1.09 bits per heavy atom. The molecule has 4 rings (SSSR count). The molecule has 1 aliphatic heterocycles. The predicted molar refractivity (Wildman–Crippen MR) is 94.5 cm³/mol. The number of hydrogen-bond donors (Lipinski definition) is 1. The van der Waals surface area contributed by atoms with Gasteiger partial charge in [-0.15, -0.1) is 0 Å². The maximum atomic E-state index is 6.42. The summed E-state index contributed by atoms with van der Waals surface area (Å²) in [5.74, 6) is 0.948. The third kappa shape index (κ3) is 3.17. The summed E-state index contributed by atoms with van der Waals surface area (Å²) in [5.41, 5.74) is 3.40. The largest absolute Gasteiger partial charge is 0.490 e. The standard InChI is InChI=1S/C19H23ClN2O/c20-16-6-7-18(23-14-4-2-1-3-5-14)15-12-13-8-10-21-11-9-17(13)22-19(15)16/h6-7,12,14,21H,1-5,8-11H2. The highest BCUT2D eigenvalue weighted by Gasteiger charge is 2.19. The Labute approximate surface area is 142 Å². The Morgan fingerprint density at radius 3 is 2.78 bits per heavy atom. The van der Waals surface area contributed by atoms with E-state index in [9.17, 15) is 0 Å². The van der Waals surface area contributed by atoms with Crippen LogP contribution in [-0.2, 0) is 12.8 Å². The number of ether oxygens (including phenoxy) is 1. The number of nitrogens with one attached hydrogen (secondary N) is 1. The van der Waals surface area contributed by atoms with Crippen molar-refractivity contribution in [1.29, 1.82) is 0 Å². The summed E-state index contributed by atoms with van der Waals surface area (Å²) >= 11 is 6.42. The molecule has 1 fully saturated rings. The van der Waals surface area contributed by atoms with Crippen molar-refractivity contribution < 1.29 is 4.74 Å². The molecule has 1 N–H and O–H groups in total. The molecule has 0 spiro atoms. The second-order valence-corrected chi connectivity index (χ2v) is 7.07. The van der Waals surface area contributed by atoms with Crippen molar-refractivity contribution in [2.24, 2.45) is 0 Å². The Kier molecular flexibility index (Phi) is 4.41. The molecule has 1 aliphatic carbocycles. The third-order valence-corrected chi connectivity index (χ3v) is 5.32. The number of rotatable bonds is 2. The molecule has 2 heterocycles. The van der Waals surface area contributed by atoms with E-state index in [1.807, 2.05) is 12.1 Å². The molecule has 2 aromatic rings. The number of pyridine rings is 1. The van der Waals surface area contributed by atoms with Crippen LogP contribution in [0.4, 0.5) is 0 Å². The van der Waals surface area contributed by atoms with E-state index >= 15 is 0 Å². The Balaban J connectivity index is 1.75. The van der Waals surface area contributed by atoms with Crippen molar-refractivity contribution in [3.8, 4) is 5.75 Å². The van der Waals surface area contributed by atoms with Gasteiger partial charge in [0.15, 0.2) is 0 Å². The Hall–Kier alpha value is -1.32. The molecule has 0 saturated heterocycles. The topological polar surface area (TPSA) is 34.1 Å². The maximum absolute atomic E-state index is 6.42. The van der Waals surface area contributed by atoms with E-state index in [2.05, 4.69) is 11.4 Å². The van der Waals surface area contributed by atoms with Gasteiger partial charge in [-0.05, 0) is 62.4 Å². The van der Waals surface area contributed by atoms with Crippen LogP contribution < -0.4 is 10.1 Å². The van der Waals surface area contributed by atoms with Crippen molar-refractivity contribution in [1.82, 2.24) is 10.3 Å². The first-order valence-corrected chi connectivity index (χ1v) is 9.17. The van der Waals surface area contributed by atoms with Crippen LogP contribution in [0.25, 0.3) is 10.9 Å². The molecule has 1 aromatic carbocycles. The number of benzene rings is 1. The Morgan fingerprint density at radius 2 is 1.91 bits per heavy atom. The quantitative estimate of drug-likeness (QED) is 0.892. The van der Waals surface area contributed by atoms with Gasteiger partial charge in [-0.25, -0.2) is 0 Å². The number of aromatic nitrogens is 1. The summed E-state index contributed by atoms with van der Waals surface area (Å²) in [5, 5.41) is 5.23. The molecule has 0 unspecified atom stereocenters. The Bertz CT molecular complexity index is 710. The lowest BCUT2D eigenvalue weighted by Crippen LogP contribution is -2.19. The van der Waals surface area contributed by atoms with Gasteiger partial charge in [0, 0.05) is 24.0 Å². The second-order valence-electron chi connectivity index (χ2n) is 6.66. The zero-order valence-corrected chi connectivity index (χ0v) is 14.2. The van der Waals surface area contributed by atoms with Gasteiger partial charge in [0.05, 0.1) is 16.6 Å². The average molecular weight is 331 g/mol. The first-order chi connectivity index (χ1) is 11.3. The van der Waals surface area contributed by atoms with Crippen LogP contribution in [0.1, 0.15) is 43.4 Å². The van der Waals surface area contributed by atoms with Crippen LogP contribution in [0.2, 0.25) is 5.02 Å². The number of fused-ring (bicyclic) bond motifs is 2. The minimum absolute atomic E-state index is 0.341. The lowest BCUT2D eigenvalue weighted by atomic mass is 9.97. The number of hydrogen-bond acceptors (Lipinski definition) is 3. The molecule has 0 amide bonds. The molecule has 23 heavy (non-hydrogen) atoms. The van der Waals surface area contributed by atoms with Crippen molar-refractivity contribution in [2.75, 3.05) is 13.1 Å². The van der Waals surface area contributed by atoms with E-state index in [0.29, 0.717) is 6.10 Å². The van der Waals surface area contributed by atoms with Gasteiger partial charge in [0.25, 0.3) is 0 Å². The molecule has 1 saturated carbocycles. The number of nitrogens with zero attached hydrogens (tertiary/aromatic N) is 1. The molecule has 3 nitrogen and oxygen atoms in total. The van der Waals surface area contributed by atoms with E-state index in [1.165, 1.54) is 30.5 Å². The van der Waals surface area contributed by atoms with Gasteiger partial charge in [-0.2, -0.15) is 0 Å². The van der Waals surface area contributed by atoms with Crippen LogP contribution in [0, 0.1) is 0 Å². The minimum Gasteiger partial charge on any atom is -0.490 e. The van der Waals surface area contributed by atoms with Gasteiger partial charge >= 0.3 is 0 Å². The second kappa shape index (κ2) is 6.66. The average Bonchev–Trinajstić information content (AvgIpc) is 2.82. The molecule has 0 radical (unpaired) electrons. The molecule has 4 heteroatoms. The highest BCUT2D eigenvalue weighted by atomic mass is 35.5. The normalized spacial score (nSPS) is 19.3. The van der Waals surface area contributed by atoms with Crippen LogP contribution in [0.5, 0.6) is 5.75 Å². The predicted octanol–water partition coefficient (Wildman–Crippen LogP) is 4.29. The van der Waals surface area contributed by atoms with Crippen molar-refractivity contribution in [2.45, 2.75) is 51.0 Å². The first kappa shape index (κ1) is 15.2. The zero-order valence-electron chi connectivity index (χ0n) is 13.4. The summed E-state index contributed by atoms with van der Waals surface area (Å²) in [6.07, 6.45) is 8.53. The van der Waals surface area contributed by atoms with Crippen LogP contribution in [-0.4, -0.2) is 24.2 Å². The highest BCUT2D eigenvalue weighted by molar-refractivity contribution is 6.35. The fraction of sp³-hybridized carbons (Fsp3) is 0.526. The van der Waals surface area contributed by atoms with Gasteiger partial charge in [-0.3, -0.25) is 4.98 Å². The van der Waals surface area contributed by atoms with Crippen molar-refractivity contribution >= 4 is 22.5 Å². The van der Waals surface area contributed by atoms with E-state index in [4.69, 9.17) is 21.3 Å². The lowest BCUT2D eigenvalue weighted by molar-refractivity contribution is 0.157. The molecule has 0 atom stereocenters. The van der Waals surface area contributed by atoms with Crippen LogP contribution in [0.3, 0.4) is 0 Å². The highest BCUT2D eigenvalue weighted by Crippen LogP contribution is 2.34. The molecule has 0 bridgehead atoms. The summed E-state index contributed by atoms with van der Waals surface area (Å²) in [6, 6.07) is 6.20. The molecule has 122 valence electrons. The molecule has 2 aliphatic rings. The maximum Gasteiger partial charge on any atom is 0.129 e. The molecule has 1 aromatic heterocycles. The molecular formula is C19H23ClN2O. The van der Waals surface area contributed by atoms with E-state index < -0.39 is 0 Å². The fourth-order valence-electron chi connectivity index (χ4n) is 3.73. The summed E-state index contributed by atoms with van der Waals surface area (Å²) in [7, 11) is 0. The van der Waals surface area contributed by atoms with Crippen LogP contribution in [0.15, 0.2) is 18.2 Å². The van der Waals surface area contributed by atoms with Gasteiger partial charge in [-0.1, -0.05) is 18.0 Å². The van der Waals surface area contributed by atoms with E-state index in [-0.39, 0.29) is 0 Å². The minimum atomic E-state index is 0.341. The SMILES string of the molecule is Clc1ccc(OC2CCCCC2)c2cc3c(nc12)CCNCC3. The zero-order chi connectivity index (χ0) is 15.6. The summed E-state index contributed by atoms with van der Waals surface area (Å²) in [4.78, 5) is 4.88. The van der Waals surface area contributed by atoms with Crippen molar-refractivity contribution in [3.63, 3.8) is 0 Å². The summed E-state index contributed by atoms with van der Waals surface area (Å²) < 4.78 is 6.33. The number of halogens is 1.